The number of carboxylic acid groups (broad SMARTS) is 1. The van der Waals surface area contributed by atoms with Crippen LogP contribution < -0.4 is 0 Å². The first-order valence-electron chi connectivity index (χ1n) is 6.29. The molecule has 20 heavy (non-hydrogen) atoms. The summed E-state index contributed by atoms with van der Waals surface area (Å²) in [7, 11) is 0. The lowest BCUT2D eigenvalue weighted by atomic mass is 9.96. The molecule has 6 heteroatoms. The molecule has 1 unspecified atom stereocenters. The molecule has 1 N–H and O–H groups in total. The average molecular weight is 338 g/mol. The summed E-state index contributed by atoms with van der Waals surface area (Å²) in [6.07, 6.45) is 2.81. The second kappa shape index (κ2) is 4.94. The van der Waals surface area contributed by atoms with E-state index in [1.54, 1.807) is 22.8 Å². The lowest BCUT2D eigenvalue weighted by Crippen LogP contribution is -2.23. The number of fused-ring (bicyclic) bond motifs is 1. The molecule has 0 saturated heterocycles. The Balaban J connectivity index is 2.00. The van der Waals surface area contributed by atoms with Crippen molar-refractivity contribution in [3.8, 4) is 0 Å². The van der Waals surface area contributed by atoms with E-state index in [1.165, 1.54) is 6.26 Å². The maximum absolute atomic E-state index is 12.4. The van der Waals surface area contributed by atoms with E-state index in [1.807, 2.05) is 0 Å². The van der Waals surface area contributed by atoms with Crippen molar-refractivity contribution < 1.29 is 19.1 Å². The van der Waals surface area contributed by atoms with Crippen molar-refractivity contribution in [1.82, 2.24) is 4.57 Å². The third-order valence-corrected chi connectivity index (χ3v) is 3.98. The van der Waals surface area contributed by atoms with Gasteiger partial charge in [-0.15, -0.1) is 0 Å². The molecule has 2 aromatic heterocycles. The summed E-state index contributed by atoms with van der Waals surface area (Å²) in [6.45, 7) is 0.662. The number of carbonyl (C=O) groups excluding carboxylic acids is 1. The zero-order valence-corrected chi connectivity index (χ0v) is 12.1. The van der Waals surface area contributed by atoms with Crippen LogP contribution in [0.2, 0.25) is 0 Å². The van der Waals surface area contributed by atoms with Crippen LogP contribution in [-0.2, 0) is 11.3 Å². The zero-order chi connectivity index (χ0) is 14.3. The second-order valence-corrected chi connectivity index (χ2v) is 5.70. The molecule has 3 heterocycles. The standard InChI is InChI=1S/C14H12BrNO4/c15-8-6-12(20-7-8)13(17)11-4-3-10-9(14(18)19)2-1-5-16(10)11/h3-4,6-7,9H,1-2,5H2,(H,18,19). The number of hydrogen-bond donors (Lipinski definition) is 1. The van der Waals surface area contributed by atoms with Gasteiger partial charge in [-0.1, -0.05) is 0 Å². The molecule has 3 rings (SSSR count). The largest absolute Gasteiger partial charge is 0.481 e. The van der Waals surface area contributed by atoms with Crippen LogP contribution in [0.3, 0.4) is 0 Å². The van der Waals surface area contributed by atoms with Gasteiger partial charge in [-0.05, 0) is 40.9 Å². The summed E-state index contributed by atoms with van der Waals surface area (Å²) in [4.78, 5) is 23.6. The third kappa shape index (κ3) is 2.10. The molecule has 2 aromatic rings. The topological polar surface area (TPSA) is 72.4 Å². The van der Waals surface area contributed by atoms with E-state index in [4.69, 9.17) is 4.42 Å². The molecular weight excluding hydrogens is 326 g/mol. The first-order chi connectivity index (χ1) is 9.58. The Morgan fingerprint density at radius 1 is 1.40 bits per heavy atom. The first kappa shape index (κ1) is 13.2. The first-order valence-corrected chi connectivity index (χ1v) is 7.08. The normalized spacial score (nSPS) is 17.8. The van der Waals surface area contributed by atoms with Gasteiger partial charge >= 0.3 is 5.97 Å². The Morgan fingerprint density at radius 2 is 2.20 bits per heavy atom. The van der Waals surface area contributed by atoms with Crippen LogP contribution in [0.4, 0.5) is 0 Å². The zero-order valence-electron chi connectivity index (χ0n) is 10.5. The molecule has 1 aliphatic heterocycles. The minimum atomic E-state index is -0.844. The van der Waals surface area contributed by atoms with Crippen molar-refractivity contribution in [2.75, 3.05) is 0 Å². The van der Waals surface area contributed by atoms with Crippen LogP contribution in [0.15, 0.2) is 33.4 Å². The number of rotatable bonds is 3. The van der Waals surface area contributed by atoms with E-state index in [-0.39, 0.29) is 11.5 Å². The van der Waals surface area contributed by atoms with Crippen LogP contribution in [0.5, 0.6) is 0 Å². The summed E-state index contributed by atoms with van der Waals surface area (Å²) >= 11 is 3.24. The molecule has 0 amide bonds. The van der Waals surface area contributed by atoms with E-state index < -0.39 is 11.9 Å². The molecule has 104 valence electrons. The predicted molar refractivity (Wildman–Crippen MR) is 73.9 cm³/mol. The van der Waals surface area contributed by atoms with Crippen LogP contribution in [0, 0.1) is 0 Å². The molecule has 0 spiro atoms. The Bertz CT molecular complexity index is 685. The van der Waals surface area contributed by atoms with Gasteiger partial charge in [0.15, 0.2) is 5.76 Å². The highest BCUT2D eigenvalue weighted by Gasteiger charge is 2.30. The van der Waals surface area contributed by atoms with Gasteiger partial charge in [0.05, 0.1) is 16.1 Å². The van der Waals surface area contributed by atoms with Gasteiger partial charge in [-0.25, -0.2) is 0 Å². The molecule has 5 nitrogen and oxygen atoms in total. The quantitative estimate of drug-likeness (QED) is 0.873. The molecule has 0 saturated carbocycles. The van der Waals surface area contributed by atoms with Gasteiger partial charge in [0, 0.05) is 18.3 Å². The van der Waals surface area contributed by atoms with Crippen LogP contribution in [-0.4, -0.2) is 21.4 Å². The number of hydrogen-bond acceptors (Lipinski definition) is 3. The van der Waals surface area contributed by atoms with Crippen LogP contribution in [0.25, 0.3) is 0 Å². The summed E-state index contributed by atoms with van der Waals surface area (Å²) in [6, 6.07) is 5.01. The Hall–Kier alpha value is -1.82. The minimum absolute atomic E-state index is 0.229. The molecule has 0 aromatic carbocycles. The third-order valence-electron chi connectivity index (χ3n) is 3.57. The lowest BCUT2D eigenvalue weighted by molar-refractivity contribution is -0.139. The van der Waals surface area contributed by atoms with Crippen molar-refractivity contribution in [2.24, 2.45) is 0 Å². The smallest absolute Gasteiger partial charge is 0.312 e. The van der Waals surface area contributed by atoms with Gasteiger partial charge in [0.1, 0.15) is 6.26 Å². The lowest BCUT2D eigenvalue weighted by Gasteiger charge is -2.22. The highest BCUT2D eigenvalue weighted by Crippen LogP contribution is 2.30. The van der Waals surface area contributed by atoms with Crippen molar-refractivity contribution in [3.05, 3.63) is 46.1 Å². The molecule has 0 bridgehead atoms. The van der Waals surface area contributed by atoms with Crippen molar-refractivity contribution in [2.45, 2.75) is 25.3 Å². The fraction of sp³-hybridized carbons (Fsp3) is 0.286. The predicted octanol–water partition coefficient (Wildman–Crippen LogP) is 3.04. The maximum Gasteiger partial charge on any atom is 0.312 e. The molecular formula is C14H12BrNO4. The van der Waals surface area contributed by atoms with Gasteiger partial charge in [-0.2, -0.15) is 0 Å². The van der Waals surface area contributed by atoms with E-state index in [2.05, 4.69) is 15.9 Å². The monoisotopic (exact) mass is 337 g/mol. The fourth-order valence-corrected chi connectivity index (χ4v) is 2.95. The number of carboxylic acids is 1. The Labute approximate surface area is 123 Å². The summed E-state index contributed by atoms with van der Waals surface area (Å²) in [5.74, 6) is -1.36. The highest BCUT2D eigenvalue weighted by molar-refractivity contribution is 9.10. The van der Waals surface area contributed by atoms with E-state index in [0.717, 1.165) is 6.42 Å². The van der Waals surface area contributed by atoms with Crippen molar-refractivity contribution in [3.63, 3.8) is 0 Å². The molecule has 1 atom stereocenters. The fourth-order valence-electron chi connectivity index (χ4n) is 2.65. The number of aliphatic carboxylic acids is 1. The minimum Gasteiger partial charge on any atom is -0.481 e. The highest BCUT2D eigenvalue weighted by atomic mass is 79.9. The number of carbonyl (C=O) groups is 2. The SMILES string of the molecule is O=C(c1cc(Br)co1)c1ccc2n1CCCC2C(=O)O. The van der Waals surface area contributed by atoms with E-state index in [9.17, 15) is 14.7 Å². The van der Waals surface area contributed by atoms with E-state index in [0.29, 0.717) is 28.8 Å². The Morgan fingerprint density at radius 3 is 2.85 bits per heavy atom. The van der Waals surface area contributed by atoms with E-state index >= 15 is 0 Å². The summed E-state index contributed by atoms with van der Waals surface area (Å²) in [5.41, 5.74) is 1.17. The number of halogens is 1. The maximum atomic E-state index is 12.4. The number of furan rings is 1. The average Bonchev–Trinajstić information content (AvgIpc) is 3.03. The van der Waals surface area contributed by atoms with Gasteiger partial charge in [0.2, 0.25) is 5.78 Å². The molecule has 0 aliphatic carbocycles. The van der Waals surface area contributed by atoms with Crippen LogP contribution >= 0.6 is 15.9 Å². The second-order valence-electron chi connectivity index (χ2n) is 4.79. The van der Waals surface area contributed by atoms with Gasteiger partial charge in [0.25, 0.3) is 0 Å². The number of aromatic nitrogens is 1. The summed E-state index contributed by atoms with van der Waals surface area (Å²) in [5, 5.41) is 9.23. The Kier molecular flexibility index (Phi) is 3.25. The van der Waals surface area contributed by atoms with Gasteiger partial charge < -0.3 is 14.1 Å². The molecule has 0 fully saturated rings. The number of nitrogens with zero attached hydrogens (tertiary/aromatic N) is 1. The van der Waals surface area contributed by atoms with Gasteiger partial charge in [-0.3, -0.25) is 9.59 Å². The van der Waals surface area contributed by atoms with Crippen molar-refractivity contribution in [1.29, 1.82) is 0 Å². The summed E-state index contributed by atoms with van der Waals surface area (Å²) < 4.78 is 7.69. The van der Waals surface area contributed by atoms with Crippen LogP contribution in [0.1, 0.15) is 40.7 Å². The van der Waals surface area contributed by atoms with Crippen molar-refractivity contribution >= 4 is 27.7 Å². The number of ketones is 1. The molecule has 1 aliphatic rings. The molecule has 0 radical (unpaired) electrons.